The van der Waals surface area contributed by atoms with Crippen LogP contribution in [-0.4, -0.2) is 24.0 Å². The van der Waals surface area contributed by atoms with E-state index in [0.29, 0.717) is 18.7 Å². The lowest BCUT2D eigenvalue weighted by molar-refractivity contribution is 0.0934. The molecule has 17 heavy (non-hydrogen) atoms. The van der Waals surface area contributed by atoms with Crippen molar-refractivity contribution in [3.8, 4) is 0 Å². The van der Waals surface area contributed by atoms with Gasteiger partial charge in [0.25, 0.3) is 5.91 Å². The molecule has 0 aliphatic carbocycles. The van der Waals surface area contributed by atoms with E-state index in [1.54, 1.807) is 12.4 Å². The maximum atomic E-state index is 11.9. The van der Waals surface area contributed by atoms with Crippen molar-refractivity contribution in [2.45, 2.75) is 27.2 Å². The van der Waals surface area contributed by atoms with Gasteiger partial charge in [-0.15, -0.1) is 0 Å². The Balaban J connectivity index is 2.56. The highest BCUT2D eigenvalue weighted by molar-refractivity contribution is 5.94. The van der Waals surface area contributed by atoms with E-state index in [0.717, 1.165) is 12.0 Å². The summed E-state index contributed by atoms with van der Waals surface area (Å²) >= 11 is 0. The molecular formula is C13H21N3O. The molecule has 0 bridgehead atoms. The molecule has 0 atom stereocenters. The number of hydrogen-bond acceptors (Lipinski definition) is 3. The number of nitrogens with two attached hydrogens (primary N) is 1. The van der Waals surface area contributed by atoms with Crippen LogP contribution in [0, 0.1) is 12.3 Å². The van der Waals surface area contributed by atoms with Gasteiger partial charge in [-0.05, 0) is 36.9 Å². The van der Waals surface area contributed by atoms with Crippen molar-refractivity contribution in [2.75, 3.05) is 13.1 Å². The number of aromatic nitrogens is 1. The van der Waals surface area contributed by atoms with Gasteiger partial charge in [-0.3, -0.25) is 9.78 Å². The fourth-order valence-corrected chi connectivity index (χ4v) is 1.58. The van der Waals surface area contributed by atoms with Crippen LogP contribution < -0.4 is 11.1 Å². The quantitative estimate of drug-likeness (QED) is 0.812. The second-order valence-electron chi connectivity index (χ2n) is 5.14. The second kappa shape index (κ2) is 5.77. The maximum absolute atomic E-state index is 11.9. The molecule has 1 amide bonds. The molecule has 1 aromatic rings. The molecule has 0 fully saturated rings. The van der Waals surface area contributed by atoms with Crippen LogP contribution in [0.4, 0.5) is 0 Å². The Morgan fingerprint density at radius 3 is 2.76 bits per heavy atom. The van der Waals surface area contributed by atoms with Crippen molar-refractivity contribution >= 4 is 5.91 Å². The summed E-state index contributed by atoms with van der Waals surface area (Å²) in [5.74, 6) is -0.0775. The van der Waals surface area contributed by atoms with Crippen molar-refractivity contribution < 1.29 is 4.79 Å². The summed E-state index contributed by atoms with van der Waals surface area (Å²) in [5.41, 5.74) is 7.15. The lowest BCUT2D eigenvalue weighted by atomic mass is 9.89. The Labute approximate surface area is 103 Å². The van der Waals surface area contributed by atoms with Gasteiger partial charge in [-0.1, -0.05) is 13.8 Å². The van der Waals surface area contributed by atoms with Gasteiger partial charge in [0.05, 0.1) is 5.56 Å². The Morgan fingerprint density at radius 1 is 1.47 bits per heavy atom. The smallest absolute Gasteiger partial charge is 0.252 e. The largest absolute Gasteiger partial charge is 0.351 e. The van der Waals surface area contributed by atoms with Gasteiger partial charge in [-0.25, -0.2) is 0 Å². The van der Waals surface area contributed by atoms with Crippen molar-refractivity contribution in [3.63, 3.8) is 0 Å². The number of amides is 1. The van der Waals surface area contributed by atoms with Crippen LogP contribution in [0.3, 0.4) is 0 Å². The van der Waals surface area contributed by atoms with Crippen molar-refractivity contribution in [3.05, 3.63) is 29.6 Å². The number of carbonyl (C=O) groups excluding carboxylic acids is 1. The normalized spacial score (nSPS) is 11.3. The third-order valence-electron chi connectivity index (χ3n) is 2.69. The molecule has 1 rings (SSSR count). The van der Waals surface area contributed by atoms with Gasteiger partial charge < -0.3 is 11.1 Å². The van der Waals surface area contributed by atoms with Crippen LogP contribution in [0.1, 0.15) is 36.2 Å². The highest BCUT2D eigenvalue weighted by Gasteiger charge is 2.18. The molecule has 1 heterocycles. The molecule has 0 radical (unpaired) electrons. The molecule has 0 aliphatic heterocycles. The van der Waals surface area contributed by atoms with Crippen molar-refractivity contribution in [2.24, 2.45) is 11.1 Å². The lowest BCUT2D eigenvalue weighted by Crippen LogP contribution is -2.35. The third-order valence-corrected chi connectivity index (χ3v) is 2.69. The zero-order chi connectivity index (χ0) is 12.9. The summed E-state index contributed by atoms with van der Waals surface area (Å²) < 4.78 is 0. The maximum Gasteiger partial charge on any atom is 0.252 e. The summed E-state index contributed by atoms with van der Waals surface area (Å²) in [6.45, 7) is 7.36. The highest BCUT2D eigenvalue weighted by atomic mass is 16.1. The zero-order valence-corrected chi connectivity index (χ0v) is 10.8. The minimum Gasteiger partial charge on any atom is -0.351 e. The van der Waals surface area contributed by atoms with E-state index in [-0.39, 0.29) is 11.3 Å². The first-order valence-corrected chi connectivity index (χ1v) is 5.84. The summed E-state index contributed by atoms with van der Waals surface area (Å²) in [7, 11) is 0. The number of hydrogen-bond donors (Lipinski definition) is 2. The molecule has 0 unspecified atom stereocenters. The average molecular weight is 235 g/mol. The van der Waals surface area contributed by atoms with Crippen LogP contribution in [0.25, 0.3) is 0 Å². The second-order valence-corrected chi connectivity index (χ2v) is 5.14. The van der Waals surface area contributed by atoms with Crippen molar-refractivity contribution in [1.29, 1.82) is 0 Å². The molecule has 4 nitrogen and oxygen atoms in total. The molecule has 0 aliphatic rings. The Morgan fingerprint density at radius 2 is 2.18 bits per heavy atom. The van der Waals surface area contributed by atoms with E-state index in [2.05, 4.69) is 24.1 Å². The molecule has 0 aromatic carbocycles. The van der Waals surface area contributed by atoms with Gasteiger partial charge in [0, 0.05) is 18.9 Å². The van der Waals surface area contributed by atoms with Crippen LogP contribution >= 0.6 is 0 Å². The average Bonchev–Trinajstić information content (AvgIpc) is 2.26. The summed E-state index contributed by atoms with van der Waals surface area (Å²) in [4.78, 5) is 15.9. The first kappa shape index (κ1) is 13.6. The number of nitrogens with zero attached hydrogens (tertiary/aromatic N) is 1. The minimum absolute atomic E-state index is 0.0294. The number of carbonyl (C=O) groups is 1. The SMILES string of the molecule is Cc1cncc(C(=O)NCC(C)(C)CCN)c1. The molecule has 1 aromatic heterocycles. The summed E-state index contributed by atoms with van der Waals surface area (Å²) in [6, 6.07) is 1.83. The number of nitrogens with one attached hydrogen (secondary N) is 1. The van der Waals surface area contributed by atoms with Crippen LogP contribution in [0.5, 0.6) is 0 Å². The molecular weight excluding hydrogens is 214 g/mol. The fourth-order valence-electron chi connectivity index (χ4n) is 1.58. The third kappa shape index (κ3) is 4.53. The highest BCUT2D eigenvalue weighted by Crippen LogP contribution is 2.17. The Hall–Kier alpha value is -1.42. The van der Waals surface area contributed by atoms with E-state index in [4.69, 9.17) is 5.73 Å². The van der Waals surface area contributed by atoms with Gasteiger partial charge in [0.15, 0.2) is 0 Å². The number of rotatable bonds is 5. The Bertz CT molecular complexity index is 388. The predicted octanol–water partition coefficient (Wildman–Crippen LogP) is 1.49. The van der Waals surface area contributed by atoms with Crippen LogP contribution in [-0.2, 0) is 0 Å². The van der Waals surface area contributed by atoms with E-state index >= 15 is 0 Å². The van der Waals surface area contributed by atoms with Crippen molar-refractivity contribution in [1.82, 2.24) is 10.3 Å². The van der Waals surface area contributed by atoms with E-state index < -0.39 is 0 Å². The predicted molar refractivity (Wildman–Crippen MR) is 68.8 cm³/mol. The molecule has 3 N–H and O–H groups in total. The molecule has 4 heteroatoms. The van der Waals surface area contributed by atoms with E-state index in [1.165, 1.54) is 0 Å². The topological polar surface area (TPSA) is 68.0 Å². The monoisotopic (exact) mass is 235 g/mol. The standard InChI is InChI=1S/C13H21N3O/c1-10-6-11(8-15-7-10)12(17)16-9-13(2,3)4-5-14/h6-8H,4-5,9,14H2,1-3H3,(H,16,17). The van der Waals surface area contributed by atoms with Crippen LogP contribution in [0.2, 0.25) is 0 Å². The Kier molecular flexibility index (Phi) is 4.63. The minimum atomic E-state index is -0.0775. The number of aryl methyl sites for hydroxylation is 1. The van der Waals surface area contributed by atoms with Gasteiger partial charge in [-0.2, -0.15) is 0 Å². The molecule has 94 valence electrons. The number of pyridine rings is 1. The van der Waals surface area contributed by atoms with E-state index in [1.807, 2.05) is 13.0 Å². The first-order chi connectivity index (χ1) is 7.94. The zero-order valence-electron chi connectivity index (χ0n) is 10.8. The van der Waals surface area contributed by atoms with Gasteiger partial charge >= 0.3 is 0 Å². The molecule has 0 spiro atoms. The van der Waals surface area contributed by atoms with Gasteiger partial charge in [0.1, 0.15) is 0 Å². The first-order valence-electron chi connectivity index (χ1n) is 5.84. The van der Waals surface area contributed by atoms with Crippen LogP contribution in [0.15, 0.2) is 18.5 Å². The summed E-state index contributed by atoms with van der Waals surface area (Å²) in [5, 5.41) is 2.92. The van der Waals surface area contributed by atoms with E-state index in [9.17, 15) is 4.79 Å². The lowest BCUT2D eigenvalue weighted by Gasteiger charge is -2.24. The molecule has 0 saturated carbocycles. The molecule has 0 saturated heterocycles. The summed E-state index contributed by atoms with van der Waals surface area (Å²) in [6.07, 6.45) is 4.20. The fraction of sp³-hybridized carbons (Fsp3) is 0.538. The van der Waals surface area contributed by atoms with Gasteiger partial charge in [0.2, 0.25) is 0 Å².